The van der Waals surface area contributed by atoms with Crippen molar-refractivity contribution in [2.45, 2.75) is 45.8 Å². The molecule has 1 unspecified atom stereocenters. The smallest absolute Gasteiger partial charge is 0.305 e. The summed E-state index contributed by atoms with van der Waals surface area (Å²) in [4.78, 5) is 14.7. The van der Waals surface area contributed by atoms with Gasteiger partial charge in [0.05, 0.1) is 23.3 Å². The van der Waals surface area contributed by atoms with E-state index in [1.807, 2.05) is 37.3 Å². The molecule has 33 heavy (non-hydrogen) atoms. The van der Waals surface area contributed by atoms with Crippen molar-refractivity contribution in [1.82, 2.24) is 9.47 Å². The summed E-state index contributed by atoms with van der Waals surface area (Å²) in [6, 6.07) is 12.3. The first-order chi connectivity index (χ1) is 15.8. The van der Waals surface area contributed by atoms with Gasteiger partial charge in [0.1, 0.15) is 12.4 Å². The molecule has 0 aliphatic heterocycles. The van der Waals surface area contributed by atoms with E-state index in [4.69, 9.17) is 16.3 Å². The zero-order chi connectivity index (χ0) is 24.0. The number of hydrogen-bond donors (Lipinski definition) is 3. The first-order valence-corrected chi connectivity index (χ1v) is 12.0. The standard InChI is InChI=1S/C24H29ClN2O5S/c1-3-10-26(18(14-24(30)31)20-6-7-21(25)33-20)15-17-4-5-19(16(2)13-17)32-12-11-27-22(28)8-9-23(27)29/h4-9,13,18,28-29H,3,10-12,14-15H2,1-2H3,(H,30,31). The quantitative estimate of drug-likeness (QED) is 0.312. The van der Waals surface area contributed by atoms with E-state index in [1.165, 1.54) is 28.0 Å². The summed E-state index contributed by atoms with van der Waals surface area (Å²) in [5, 5.41) is 29.0. The Labute approximate surface area is 202 Å². The Morgan fingerprint density at radius 3 is 2.48 bits per heavy atom. The number of carbonyl (C=O) groups is 1. The van der Waals surface area contributed by atoms with Gasteiger partial charge in [-0.25, -0.2) is 0 Å². The first kappa shape index (κ1) is 25.0. The van der Waals surface area contributed by atoms with Gasteiger partial charge in [-0.1, -0.05) is 30.7 Å². The summed E-state index contributed by atoms with van der Waals surface area (Å²) in [5.41, 5.74) is 2.02. The highest BCUT2D eigenvalue weighted by molar-refractivity contribution is 7.16. The molecule has 1 aromatic carbocycles. The highest BCUT2D eigenvalue weighted by Gasteiger charge is 2.24. The Morgan fingerprint density at radius 2 is 1.91 bits per heavy atom. The lowest BCUT2D eigenvalue weighted by atomic mass is 10.1. The Hall–Kier alpha value is -2.68. The van der Waals surface area contributed by atoms with Gasteiger partial charge in [0.25, 0.3) is 0 Å². The monoisotopic (exact) mass is 492 g/mol. The summed E-state index contributed by atoms with van der Waals surface area (Å²) >= 11 is 7.54. The number of thiophene rings is 1. The molecular weight excluding hydrogens is 464 g/mol. The molecule has 2 heterocycles. The van der Waals surface area contributed by atoms with Crippen molar-refractivity contribution in [2.24, 2.45) is 0 Å². The average Bonchev–Trinajstić information content (AvgIpc) is 3.33. The summed E-state index contributed by atoms with van der Waals surface area (Å²) in [5.74, 6) is -0.145. The van der Waals surface area contributed by atoms with Gasteiger partial charge in [0.2, 0.25) is 0 Å². The topological polar surface area (TPSA) is 95.2 Å². The number of nitrogens with zero attached hydrogens (tertiary/aromatic N) is 2. The second-order valence-corrected chi connectivity index (χ2v) is 9.62. The highest BCUT2D eigenvalue weighted by atomic mass is 35.5. The minimum absolute atomic E-state index is 0.0100. The number of ether oxygens (including phenoxy) is 1. The molecule has 0 saturated carbocycles. The molecule has 0 aliphatic carbocycles. The van der Waals surface area contributed by atoms with Crippen molar-refractivity contribution < 1.29 is 24.9 Å². The van der Waals surface area contributed by atoms with Gasteiger partial charge < -0.3 is 20.1 Å². The number of aromatic nitrogens is 1. The number of aromatic hydroxyl groups is 2. The number of hydrogen-bond acceptors (Lipinski definition) is 6. The second-order valence-electron chi connectivity index (χ2n) is 7.88. The van der Waals surface area contributed by atoms with Crippen molar-refractivity contribution in [3.8, 4) is 17.5 Å². The average molecular weight is 493 g/mol. The third-order valence-electron chi connectivity index (χ3n) is 5.37. The van der Waals surface area contributed by atoms with Crippen molar-refractivity contribution in [3.05, 3.63) is 62.8 Å². The maximum Gasteiger partial charge on any atom is 0.305 e. The molecule has 3 rings (SSSR count). The van der Waals surface area contributed by atoms with Crippen LogP contribution in [0.25, 0.3) is 0 Å². The van der Waals surface area contributed by atoms with Crippen molar-refractivity contribution in [1.29, 1.82) is 0 Å². The summed E-state index contributed by atoms with van der Waals surface area (Å²) in [7, 11) is 0. The van der Waals surface area contributed by atoms with E-state index in [1.54, 1.807) is 0 Å². The second kappa shape index (κ2) is 11.4. The zero-order valence-electron chi connectivity index (χ0n) is 18.7. The zero-order valence-corrected chi connectivity index (χ0v) is 20.3. The van der Waals surface area contributed by atoms with Crippen LogP contribution in [0.2, 0.25) is 4.34 Å². The highest BCUT2D eigenvalue weighted by Crippen LogP contribution is 2.34. The molecule has 0 bridgehead atoms. The van der Waals surface area contributed by atoms with Gasteiger partial charge >= 0.3 is 5.97 Å². The molecule has 0 spiro atoms. The number of carboxylic acid groups (broad SMARTS) is 1. The van der Waals surface area contributed by atoms with Gasteiger partial charge in [0.15, 0.2) is 11.8 Å². The van der Waals surface area contributed by atoms with Crippen LogP contribution < -0.4 is 4.74 Å². The molecule has 0 amide bonds. The molecule has 0 radical (unpaired) electrons. The van der Waals surface area contributed by atoms with Crippen LogP contribution in [0, 0.1) is 6.92 Å². The normalized spacial score (nSPS) is 12.2. The van der Waals surface area contributed by atoms with Crippen LogP contribution >= 0.6 is 22.9 Å². The largest absolute Gasteiger partial charge is 0.494 e. The van der Waals surface area contributed by atoms with Gasteiger partial charge in [-0.3, -0.25) is 14.3 Å². The minimum atomic E-state index is -0.842. The van der Waals surface area contributed by atoms with Crippen LogP contribution in [-0.2, 0) is 17.9 Å². The Balaban J connectivity index is 1.70. The molecular formula is C24H29ClN2O5S. The molecule has 7 nitrogen and oxygen atoms in total. The number of halogens is 1. The maximum absolute atomic E-state index is 11.6. The fourth-order valence-corrected chi connectivity index (χ4v) is 5.04. The molecule has 1 atom stereocenters. The molecule has 178 valence electrons. The van der Waals surface area contributed by atoms with Crippen molar-refractivity contribution in [3.63, 3.8) is 0 Å². The third-order valence-corrected chi connectivity index (χ3v) is 6.71. The van der Waals surface area contributed by atoms with Crippen LogP contribution in [0.4, 0.5) is 0 Å². The van der Waals surface area contributed by atoms with Gasteiger partial charge in [-0.15, -0.1) is 11.3 Å². The van der Waals surface area contributed by atoms with Crippen molar-refractivity contribution in [2.75, 3.05) is 13.2 Å². The number of rotatable bonds is 12. The van der Waals surface area contributed by atoms with Crippen LogP contribution in [0.3, 0.4) is 0 Å². The van der Waals surface area contributed by atoms with E-state index in [9.17, 15) is 20.1 Å². The summed E-state index contributed by atoms with van der Waals surface area (Å²) < 4.78 is 7.87. The molecule has 0 saturated heterocycles. The van der Waals surface area contributed by atoms with Crippen LogP contribution in [0.5, 0.6) is 17.5 Å². The summed E-state index contributed by atoms with van der Waals surface area (Å²) in [6.07, 6.45) is 0.907. The van der Waals surface area contributed by atoms with Gasteiger partial charge in [-0.2, -0.15) is 0 Å². The van der Waals surface area contributed by atoms with E-state index in [-0.39, 0.29) is 30.8 Å². The molecule has 2 aromatic heterocycles. The lowest BCUT2D eigenvalue weighted by Gasteiger charge is -2.30. The van der Waals surface area contributed by atoms with E-state index >= 15 is 0 Å². The number of carboxylic acids is 1. The Bertz CT molecular complexity index is 1060. The SMILES string of the molecule is CCCN(Cc1ccc(OCCn2c(O)ccc2O)c(C)c1)C(CC(=O)O)c1ccc(Cl)s1. The predicted molar refractivity (Wildman–Crippen MR) is 129 cm³/mol. The molecule has 9 heteroatoms. The van der Waals surface area contributed by atoms with Crippen LogP contribution in [-0.4, -0.2) is 43.9 Å². The molecule has 0 fully saturated rings. The fourth-order valence-electron chi connectivity index (χ4n) is 3.84. The van der Waals surface area contributed by atoms with Gasteiger partial charge in [-0.05, 0) is 49.2 Å². The van der Waals surface area contributed by atoms with Gasteiger partial charge in [0, 0.05) is 23.6 Å². The lowest BCUT2D eigenvalue weighted by Crippen LogP contribution is -2.30. The Morgan fingerprint density at radius 1 is 1.18 bits per heavy atom. The number of benzene rings is 1. The molecule has 3 N–H and O–H groups in total. The van der Waals surface area contributed by atoms with Crippen LogP contribution in [0.15, 0.2) is 42.5 Å². The predicted octanol–water partition coefficient (Wildman–Crippen LogP) is 5.43. The summed E-state index contributed by atoms with van der Waals surface area (Å²) in [6.45, 7) is 6.01. The number of aliphatic carboxylic acids is 1. The molecule has 0 aliphatic rings. The Kier molecular flexibility index (Phi) is 8.66. The van der Waals surface area contributed by atoms with E-state index in [2.05, 4.69) is 11.8 Å². The van der Waals surface area contributed by atoms with E-state index < -0.39 is 5.97 Å². The van der Waals surface area contributed by atoms with E-state index in [0.29, 0.717) is 17.4 Å². The maximum atomic E-state index is 11.6. The minimum Gasteiger partial charge on any atom is -0.494 e. The number of aryl methyl sites for hydroxylation is 1. The fraction of sp³-hybridized carbons (Fsp3) is 0.375. The van der Waals surface area contributed by atoms with Crippen LogP contribution in [0.1, 0.15) is 41.8 Å². The molecule has 3 aromatic rings. The van der Waals surface area contributed by atoms with E-state index in [0.717, 1.165) is 34.7 Å². The first-order valence-electron chi connectivity index (χ1n) is 10.8. The van der Waals surface area contributed by atoms with Crippen molar-refractivity contribution >= 4 is 28.9 Å². The lowest BCUT2D eigenvalue weighted by molar-refractivity contribution is -0.138. The third kappa shape index (κ3) is 6.66.